The molecule has 0 fully saturated rings. The van der Waals surface area contributed by atoms with Crippen LogP contribution in [0.25, 0.3) is 0 Å². The molecule has 1 unspecified atom stereocenters. The second-order valence-electron chi connectivity index (χ2n) is 6.82. The predicted octanol–water partition coefficient (Wildman–Crippen LogP) is 4.64. The molecule has 0 aromatic carbocycles. The Morgan fingerprint density at radius 3 is 2.21 bits per heavy atom. The second kappa shape index (κ2) is 11.7. The van der Waals surface area contributed by atoms with Crippen molar-refractivity contribution in [3.8, 4) is 0 Å². The van der Waals surface area contributed by atoms with Crippen LogP contribution in [0.15, 0.2) is 0 Å². The van der Waals surface area contributed by atoms with Crippen LogP contribution >= 0.6 is 0 Å². The highest BCUT2D eigenvalue weighted by molar-refractivity contribution is 4.76. The van der Waals surface area contributed by atoms with E-state index in [9.17, 15) is 0 Å². The fourth-order valence-electron chi connectivity index (χ4n) is 2.46. The lowest BCUT2D eigenvalue weighted by Gasteiger charge is -2.31. The molecule has 2 nitrogen and oxygen atoms in total. The summed E-state index contributed by atoms with van der Waals surface area (Å²) in [6, 6.07) is 0. The molecule has 1 atom stereocenters. The summed E-state index contributed by atoms with van der Waals surface area (Å²) in [7, 11) is 1.76. The van der Waals surface area contributed by atoms with Crippen molar-refractivity contribution in [1.29, 1.82) is 0 Å². The molecule has 116 valence electrons. The summed E-state index contributed by atoms with van der Waals surface area (Å²) in [5.74, 6) is 0.774. The van der Waals surface area contributed by atoms with E-state index in [-0.39, 0.29) is 0 Å². The van der Waals surface area contributed by atoms with Gasteiger partial charge in [0.05, 0.1) is 6.61 Å². The molecule has 1 N–H and O–H groups in total. The van der Waals surface area contributed by atoms with Crippen LogP contribution in [0.2, 0.25) is 0 Å². The fourth-order valence-corrected chi connectivity index (χ4v) is 2.46. The number of methoxy groups -OCH3 is 1. The first kappa shape index (κ1) is 18.9. The van der Waals surface area contributed by atoms with Gasteiger partial charge in [0.25, 0.3) is 0 Å². The van der Waals surface area contributed by atoms with E-state index in [0.717, 1.165) is 25.6 Å². The molecule has 0 aliphatic carbocycles. The standard InChI is InChI=1S/C17H37NO/c1-6-7-8-9-10-11-12-16(17(2,3)4)15-18-13-14-19-5/h16,18H,6-15H2,1-5H3. The van der Waals surface area contributed by atoms with E-state index in [1.165, 1.54) is 44.9 Å². The largest absolute Gasteiger partial charge is 0.383 e. The molecule has 0 aliphatic rings. The van der Waals surface area contributed by atoms with Gasteiger partial charge in [0.1, 0.15) is 0 Å². The van der Waals surface area contributed by atoms with Crippen molar-refractivity contribution in [3.63, 3.8) is 0 Å². The van der Waals surface area contributed by atoms with E-state index in [0.29, 0.717) is 5.41 Å². The number of hydrogen-bond acceptors (Lipinski definition) is 2. The van der Waals surface area contributed by atoms with E-state index in [1.807, 2.05) is 0 Å². The Kier molecular flexibility index (Phi) is 11.7. The highest BCUT2D eigenvalue weighted by atomic mass is 16.5. The molecule has 2 heteroatoms. The maximum atomic E-state index is 5.08. The van der Waals surface area contributed by atoms with Gasteiger partial charge in [0.2, 0.25) is 0 Å². The van der Waals surface area contributed by atoms with Gasteiger partial charge in [-0.25, -0.2) is 0 Å². The molecule has 0 saturated carbocycles. The molecule has 0 rings (SSSR count). The van der Waals surface area contributed by atoms with Crippen LogP contribution in [0, 0.1) is 11.3 Å². The van der Waals surface area contributed by atoms with Gasteiger partial charge in [0, 0.05) is 13.7 Å². The molecule has 0 spiro atoms. The lowest BCUT2D eigenvalue weighted by Crippen LogP contribution is -2.33. The SMILES string of the molecule is CCCCCCCCC(CNCCOC)C(C)(C)C. The van der Waals surface area contributed by atoms with E-state index in [1.54, 1.807) is 7.11 Å². The molecule has 0 saturated heterocycles. The zero-order valence-corrected chi connectivity index (χ0v) is 14.1. The van der Waals surface area contributed by atoms with Crippen LogP contribution in [0.4, 0.5) is 0 Å². The summed E-state index contributed by atoms with van der Waals surface area (Å²) in [4.78, 5) is 0. The molecule has 0 aliphatic heterocycles. The third-order valence-corrected chi connectivity index (χ3v) is 4.00. The first-order valence-corrected chi connectivity index (χ1v) is 8.22. The Morgan fingerprint density at radius 1 is 1.00 bits per heavy atom. The minimum Gasteiger partial charge on any atom is -0.383 e. The Labute approximate surface area is 121 Å². The van der Waals surface area contributed by atoms with Crippen molar-refractivity contribution in [2.45, 2.75) is 72.6 Å². The average Bonchev–Trinajstić information content (AvgIpc) is 2.34. The summed E-state index contributed by atoms with van der Waals surface area (Å²) in [5, 5.41) is 3.53. The Balaban J connectivity index is 3.75. The lowest BCUT2D eigenvalue weighted by atomic mass is 9.77. The predicted molar refractivity (Wildman–Crippen MR) is 85.7 cm³/mol. The number of hydrogen-bond donors (Lipinski definition) is 1. The molecule has 0 radical (unpaired) electrons. The van der Waals surface area contributed by atoms with E-state index in [2.05, 4.69) is 33.0 Å². The van der Waals surface area contributed by atoms with Crippen LogP contribution in [-0.2, 0) is 4.74 Å². The maximum absolute atomic E-state index is 5.08. The number of nitrogens with one attached hydrogen (secondary N) is 1. The molecule has 0 amide bonds. The molecule has 0 aromatic heterocycles. The Hall–Kier alpha value is -0.0800. The number of unbranched alkanes of at least 4 members (excludes halogenated alkanes) is 5. The van der Waals surface area contributed by atoms with Gasteiger partial charge < -0.3 is 10.1 Å². The summed E-state index contributed by atoms with van der Waals surface area (Å²) in [6.45, 7) is 12.3. The minimum absolute atomic E-state index is 0.406. The minimum atomic E-state index is 0.406. The van der Waals surface area contributed by atoms with Crippen molar-refractivity contribution >= 4 is 0 Å². The van der Waals surface area contributed by atoms with Gasteiger partial charge in [0.15, 0.2) is 0 Å². The van der Waals surface area contributed by atoms with E-state index >= 15 is 0 Å². The first-order chi connectivity index (χ1) is 9.02. The summed E-state index contributed by atoms with van der Waals surface area (Å²) in [5.41, 5.74) is 0.406. The van der Waals surface area contributed by atoms with Gasteiger partial charge in [-0.05, 0) is 24.3 Å². The van der Waals surface area contributed by atoms with Crippen molar-refractivity contribution in [3.05, 3.63) is 0 Å². The van der Waals surface area contributed by atoms with Crippen LogP contribution in [-0.4, -0.2) is 26.8 Å². The average molecular weight is 271 g/mol. The summed E-state index contributed by atoms with van der Waals surface area (Å²) in [6.07, 6.45) is 9.73. The number of rotatable bonds is 12. The Bertz CT molecular complexity index is 186. The third kappa shape index (κ3) is 11.4. The van der Waals surface area contributed by atoms with E-state index in [4.69, 9.17) is 4.74 Å². The second-order valence-corrected chi connectivity index (χ2v) is 6.82. The fraction of sp³-hybridized carbons (Fsp3) is 1.00. The summed E-state index contributed by atoms with van der Waals surface area (Å²) < 4.78 is 5.08. The van der Waals surface area contributed by atoms with E-state index < -0.39 is 0 Å². The molecule has 19 heavy (non-hydrogen) atoms. The summed E-state index contributed by atoms with van der Waals surface area (Å²) >= 11 is 0. The monoisotopic (exact) mass is 271 g/mol. The first-order valence-electron chi connectivity index (χ1n) is 8.22. The van der Waals surface area contributed by atoms with Gasteiger partial charge in [-0.15, -0.1) is 0 Å². The maximum Gasteiger partial charge on any atom is 0.0587 e. The van der Waals surface area contributed by atoms with Gasteiger partial charge in [-0.2, -0.15) is 0 Å². The zero-order chi connectivity index (χ0) is 14.6. The van der Waals surface area contributed by atoms with Gasteiger partial charge in [-0.3, -0.25) is 0 Å². The molecule has 0 bridgehead atoms. The normalized spacial score (nSPS) is 13.7. The van der Waals surface area contributed by atoms with Crippen molar-refractivity contribution < 1.29 is 4.74 Å². The smallest absolute Gasteiger partial charge is 0.0587 e. The van der Waals surface area contributed by atoms with Crippen molar-refractivity contribution in [2.24, 2.45) is 11.3 Å². The quantitative estimate of drug-likeness (QED) is 0.522. The van der Waals surface area contributed by atoms with Crippen LogP contribution in [0.1, 0.15) is 72.6 Å². The highest BCUT2D eigenvalue weighted by Gasteiger charge is 2.23. The highest BCUT2D eigenvalue weighted by Crippen LogP contribution is 2.30. The molecule has 0 heterocycles. The van der Waals surface area contributed by atoms with Crippen LogP contribution < -0.4 is 5.32 Å². The molecular formula is C17H37NO. The number of ether oxygens (including phenoxy) is 1. The van der Waals surface area contributed by atoms with Crippen molar-refractivity contribution in [2.75, 3.05) is 26.8 Å². The zero-order valence-electron chi connectivity index (χ0n) is 14.1. The molecule has 0 aromatic rings. The van der Waals surface area contributed by atoms with Crippen LogP contribution in [0.3, 0.4) is 0 Å². The topological polar surface area (TPSA) is 21.3 Å². The van der Waals surface area contributed by atoms with Crippen LogP contribution in [0.5, 0.6) is 0 Å². The third-order valence-electron chi connectivity index (χ3n) is 4.00. The molecular weight excluding hydrogens is 234 g/mol. The van der Waals surface area contributed by atoms with Gasteiger partial charge >= 0.3 is 0 Å². The van der Waals surface area contributed by atoms with Gasteiger partial charge in [-0.1, -0.05) is 66.2 Å². The lowest BCUT2D eigenvalue weighted by molar-refractivity contribution is 0.181. The Morgan fingerprint density at radius 2 is 1.63 bits per heavy atom. The van der Waals surface area contributed by atoms with Crippen molar-refractivity contribution in [1.82, 2.24) is 5.32 Å².